The van der Waals surface area contributed by atoms with Crippen LogP contribution in [0.25, 0.3) is 0 Å². The minimum absolute atomic E-state index is 0.312. The molecule has 0 aliphatic rings. The van der Waals surface area contributed by atoms with E-state index < -0.39 is 0 Å². The van der Waals surface area contributed by atoms with E-state index in [0.29, 0.717) is 12.0 Å². The number of hydrogen-bond acceptors (Lipinski definition) is 3. The summed E-state index contributed by atoms with van der Waals surface area (Å²) in [5.41, 5.74) is 7.57. The number of halogens is 1. The molecule has 2 rings (SSSR count). The summed E-state index contributed by atoms with van der Waals surface area (Å²) >= 11 is 0. The second-order valence-corrected chi connectivity index (χ2v) is 3.99. The fraction of sp³-hybridized carbons (Fsp3) is 0.333. The van der Waals surface area contributed by atoms with E-state index in [1.54, 1.807) is 23.1 Å². The van der Waals surface area contributed by atoms with Gasteiger partial charge in [0.1, 0.15) is 5.82 Å². The maximum absolute atomic E-state index is 13.4. The molecule has 0 aromatic carbocycles. The minimum atomic E-state index is -0.343. The summed E-state index contributed by atoms with van der Waals surface area (Å²) in [4.78, 5) is 3.71. The van der Waals surface area contributed by atoms with Crippen molar-refractivity contribution in [2.24, 2.45) is 12.8 Å². The second kappa shape index (κ2) is 5.05. The van der Waals surface area contributed by atoms with E-state index in [1.165, 1.54) is 6.20 Å². The molecule has 17 heavy (non-hydrogen) atoms. The van der Waals surface area contributed by atoms with Gasteiger partial charge >= 0.3 is 0 Å². The van der Waals surface area contributed by atoms with Gasteiger partial charge in [0.25, 0.3) is 0 Å². The van der Waals surface area contributed by atoms with Crippen LogP contribution in [0.15, 0.2) is 30.7 Å². The van der Waals surface area contributed by atoms with Crippen molar-refractivity contribution in [2.75, 3.05) is 0 Å². The zero-order valence-electron chi connectivity index (χ0n) is 9.68. The predicted octanol–water partition coefficient (Wildman–Crippen LogP) is 1.59. The fourth-order valence-corrected chi connectivity index (χ4v) is 1.79. The topological polar surface area (TPSA) is 56.7 Å². The molecular formula is C12H15FN4. The first-order valence-electron chi connectivity index (χ1n) is 5.50. The van der Waals surface area contributed by atoms with Crippen molar-refractivity contribution in [2.45, 2.75) is 18.9 Å². The first kappa shape index (κ1) is 11.7. The van der Waals surface area contributed by atoms with Gasteiger partial charge in [0.05, 0.1) is 6.20 Å². The molecule has 0 amide bonds. The molecule has 0 fully saturated rings. The number of hydrogen-bond donors (Lipinski definition) is 1. The van der Waals surface area contributed by atoms with E-state index in [0.717, 1.165) is 12.1 Å². The van der Waals surface area contributed by atoms with Gasteiger partial charge in [-0.25, -0.2) is 4.39 Å². The lowest BCUT2D eigenvalue weighted by atomic mass is 10.0. The van der Waals surface area contributed by atoms with Crippen molar-refractivity contribution in [3.8, 4) is 0 Å². The molecule has 0 aliphatic heterocycles. The average Bonchev–Trinajstić information content (AvgIpc) is 2.72. The van der Waals surface area contributed by atoms with Gasteiger partial charge in [-0.15, -0.1) is 0 Å². The highest BCUT2D eigenvalue weighted by atomic mass is 19.1. The first-order chi connectivity index (χ1) is 8.18. The van der Waals surface area contributed by atoms with Crippen LogP contribution in [-0.4, -0.2) is 14.8 Å². The van der Waals surface area contributed by atoms with E-state index in [2.05, 4.69) is 10.1 Å². The Bertz CT molecular complexity index is 495. The van der Waals surface area contributed by atoms with Crippen LogP contribution in [0.5, 0.6) is 0 Å². The average molecular weight is 234 g/mol. The Balaban J connectivity index is 2.01. The van der Waals surface area contributed by atoms with E-state index in [9.17, 15) is 4.39 Å². The van der Waals surface area contributed by atoms with Crippen LogP contribution in [0.1, 0.15) is 23.7 Å². The summed E-state index contributed by atoms with van der Waals surface area (Å²) in [6.45, 7) is 0. The van der Waals surface area contributed by atoms with Crippen LogP contribution in [0.3, 0.4) is 0 Å². The van der Waals surface area contributed by atoms with Gasteiger partial charge in [-0.2, -0.15) is 5.10 Å². The van der Waals surface area contributed by atoms with Gasteiger partial charge in [-0.1, -0.05) is 0 Å². The molecule has 2 N–H and O–H groups in total. The van der Waals surface area contributed by atoms with E-state index in [-0.39, 0.29) is 11.9 Å². The molecule has 2 aromatic rings. The molecule has 0 radical (unpaired) electrons. The van der Waals surface area contributed by atoms with Crippen molar-refractivity contribution in [3.05, 3.63) is 47.8 Å². The summed E-state index contributed by atoms with van der Waals surface area (Å²) in [5.74, 6) is -0.343. The summed E-state index contributed by atoms with van der Waals surface area (Å²) in [5, 5.41) is 4.08. The zero-order valence-corrected chi connectivity index (χ0v) is 9.68. The molecule has 1 unspecified atom stereocenters. The van der Waals surface area contributed by atoms with Gasteiger partial charge in [-0.05, 0) is 25.0 Å². The Morgan fingerprint density at radius 1 is 1.41 bits per heavy atom. The van der Waals surface area contributed by atoms with Gasteiger partial charge in [0.2, 0.25) is 0 Å². The third-order valence-corrected chi connectivity index (χ3v) is 2.84. The summed E-state index contributed by atoms with van der Waals surface area (Å²) in [7, 11) is 1.88. The van der Waals surface area contributed by atoms with Gasteiger partial charge in [0, 0.05) is 36.7 Å². The van der Waals surface area contributed by atoms with Crippen molar-refractivity contribution in [1.29, 1.82) is 0 Å². The molecule has 4 nitrogen and oxygen atoms in total. The van der Waals surface area contributed by atoms with Crippen molar-refractivity contribution < 1.29 is 4.39 Å². The van der Waals surface area contributed by atoms with Crippen LogP contribution in [-0.2, 0) is 13.5 Å². The monoisotopic (exact) mass is 234 g/mol. The second-order valence-electron chi connectivity index (χ2n) is 3.99. The lowest BCUT2D eigenvalue weighted by molar-refractivity contribution is 0.551. The Hall–Kier alpha value is -1.75. The van der Waals surface area contributed by atoms with Gasteiger partial charge in [-0.3, -0.25) is 9.67 Å². The van der Waals surface area contributed by atoms with Crippen molar-refractivity contribution in [1.82, 2.24) is 14.8 Å². The quantitative estimate of drug-likeness (QED) is 0.874. The van der Waals surface area contributed by atoms with Crippen molar-refractivity contribution in [3.63, 3.8) is 0 Å². The predicted molar refractivity (Wildman–Crippen MR) is 62.7 cm³/mol. The standard InChI is InChI=1S/C12H15FN4/c1-17-9(4-7-16-17)2-3-12(14)10-5-6-15-8-11(10)13/h4-8,12H,2-3,14H2,1H3. The smallest absolute Gasteiger partial charge is 0.146 e. The Morgan fingerprint density at radius 2 is 2.24 bits per heavy atom. The SMILES string of the molecule is Cn1nccc1CCC(N)c1ccncc1F. The molecule has 2 heterocycles. The minimum Gasteiger partial charge on any atom is -0.324 e. The van der Waals surface area contributed by atoms with Crippen molar-refractivity contribution >= 4 is 0 Å². The number of nitrogens with two attached hydrogens (primary N) is 1. The van der Waals surface area contributed by atoms with E-state index >= 15 is 0 Å². The van der Waals surface area contributed by atoms with Gasteiger partial charge in [0.15, 0.2) is 0 Å². The molecule has 5 heteroatoms. The largest absolute Gasteiger partial charge is 0.324 e. The van der Waals surface area contributed by atoms with Gasteiger partial charge < -0.3 is 5.73 Å². The van der Waals surface area contributed by atoms with E-state index in [1.807, 2.05) is 13.1 Å². The summed E-state index contributed by atoms with van der Waals surface area (Å²) in [6, 6.07) is 3.26. The summed E-state index contributed by atoms with van der Waals surface area (Å²) in [6.07, 6.45) is 5.95. The lowest BCUT2D eigenvalue weighted by Crippen LogP contribution is -2.14. The molecule has 0 aliphatic carbocycles. The molecule has 0 saturated carbocycles. The molecule has 0 saturated heterocycles. The highest BCUT2D eigenvalue weighted by molar-refractivity contribution is 5.17. The lowest BCUT2D eigenvalue weighted by Gasteiger charge is -2.12. The highest BCUT2D eigenvalue weighted by Gasteiger charge is 2.11. The van der Waals surface area contributed by atoms with Crippen LogP contribution in [0.2, 0.25) is 0 Å². The normalized spacial score (nSPS) is 12.6. The third kappa shape index (κ3) is 2.68. The maximum Gasteiger partial charge on any atom is 0.146 e. The van der Waals surface area contributed by atoms with Crippen LogP contribution in [0.4, 0.5) is 4.39 Å². The van der Waals surface area contributed by atoms with Crippen LogP contribution in [0, 0.1) is 5.82 Å². The highest BCUT2D eigenvalue weighted by Crippen LogP contribution is 2.18. The Morgan fingerprint density at radius 3 is 2.88 bits per heavy atom. The molecule has 2 aromatic heterocycles. The number of rotatable bonds is 4. The maximum atomic E-state index is 13.4. The number of pyridine rings is 1. The Kier molecular flexibility index (Phi) is 3.49. The van der Waals surface area contributed by atoms with Crippen LogP contribution >= 0.6 is 0 Å². The Labute approximate surface area is 99.3 Å². The number of nitrogens with zero attached hydrogens (tertiary/aromatic N) is 3. The molecule has 1 atom stereocenters. The molecule has 0 bridgehead atoms. The third-order valence-electron chi connectivity index (χ3n) is 2.84. The number of aromatic nitrogens is 3. The first-order valence-corrected chi connectivity index (χ1v) is 5.50. The van der Waals surface area contributed by atoms with E-state index in [4.69, 9.17) is 5.73 Å². The fourth-order valence-electron chi connectivity index (χ4n) is 1.79. The molecule has 90 valence electrons. The van der Waals surface area contributed by atoms with Crippen LogP contribution < -0.4 is 5.73 Å². The molecule has 0 spiro atoms. The zero-order chi connectivity index (χ0) is 12.3. The summed E-state index contributed by atoms with van der Waals surface area (Å²) < 4.78 is 15.2. The molecular weight excluding hydrogens is 219 g/mol. The number of aryl methyl sites for hydroxylation is 2.